The lowest BCUT2D eigenvalue weighted by Crippen LogP contribution is -2.28. The summed E-state index contributed by atoms with van der Waals surface area (Å²) >= 11 is 2.40. The Balaban J connectivity index is 0.000000187. The van der Waals surface area contributed by atoms with Crippen molar-refractivity contribution in [2.75, 3.05) is 0 Å². The molecule has 0 unspecified atom stereocenters. The molecule has 0 fully saturated rings. The molecule has 5 aromatic heterocycles. The summed E-state index contributed by atoms with van der Waals surface area (Å²) in [7, 11) is -5.73. The number of halogens is 3. The van der Waals surface area contributed by atoms with Gasteiger partial charge in [0.15, 0.2) is 0 Å². The fourth-order valence-corrected chi connectivity index (χ4v) is 4.54. The van der Waals surface area contributed by atoms with Crippen LogP contribution in [0.2, 0.25) is 0 Å². The normalized spacial score (nSPS) is 10.8. The van der Waals surface area contributed by atoms with Gasteiger partial charge in [-0.05, 0) is 13.8 Å². The molecule has 0 amide bonds. The molecule has 0 aliphatic rings. The average molecular weight is 624 g/mol. The van der Waals surface area contributed by atoms with Crippen molar-refractivity contribution in [3.63, 3.8) is 0 Å². The molecule has 0 aromatic carbocycles. The predicted molar refractivity (Wildman–Crippen MR) is 140 cm³/mol. The zero-order valence-corrected chi connectivity index (χ0v) is 23.2. The average Bonchev–Trinajstić information content (AvgIpc) is 3.50. The minimum Gasteiger partial charge on any atom is -0.492 e. The maximum Gasteiger partial charge on any atom is 0.534 e. The number of hydrogen-bond donors (Lipinski definition) is 1. The summed E-state index contributed by atoms with van der Waals surface area (Å²) in [5, 5.41) is 18.5. The second kappa shape index (κ2) is 13.6. The van der Waals surface area contributed by atoms with Crippen LogP contribution in [0.15, 0.2) is 56.2 Å². The predicted octanol–water partition coefficient (Wildman–Crippen LogP) is 4.10. The SMILES string of the molecule is Cc1sc(-c2cncnc2)nc1O.Cc1sc(-c2cncnc2)nc1OS(=O)(=O)C(F)(F)F.N#Cc1cncnc1. The van der Waals surface area contributed by atoms with E-state index in [0.717, 1.165) is 26.8 Å². The molecule has 19 heteroatoms. The van der Waals surface area contributed by atoms with Crippen LogP contribution in [0.5, 0.6) is 11.8 Å². The van der Waals surface area contributed by atoms with Crippen molar-refractivity contribution >= 4 is 32.8 Å². The van der Waals surface area contributed by atoms with Gasteiger partial charge in [0.25, 0.3) is 0 Å². The standard InChI is InChI=1S/C9H6F3N3O3S2.C8H7N3OS.C5H3N3/c1-5-7(18-20(16,17)9(10,11)12)15-8(19-5)6-2-13-4-14-3-6;1-5-7(12)11-8(13-5)6-2-9-4-10-3-6;6-1-5-2-7-4-8-3-5/h2-4H,1H3;2-4,12H,1H3;2-4H. The van der Waals surface area contributed by atoms with Gasteiger partial charge in [-0.2, -0.15) is 26.9 Å². The van der Waals surface area contributed by atoms with E-state index in [2.05, 4.69) is 44.1 Å². The van der Waals surface area contributed by atoms with Crippen molar-refractivity contribution in [1.82, 2.24) is 39.9 Å². The van der Waals surface area contributed by atoms with Gasteiger partial charge in [0.05, 0.1) is 15.3 Å². The molecular weight excluding hydrogens is 607 g/mol. The van der Waals surface area contributed by atoms with E-state index in [4.69, 9.17) is 5.26 Å². The quantitative estimate of drug-likeness (QED) is 0.223. The Morgan fingerprint density at radius 2 is 1.24 bits per heavy atom. The summed E-state index contributed by atoms with van der Waals surface area (Å²) in [4.78, 5) is 31.1. The smallest absolute Gasteiger partial charge is 0.492 e. The summed E-state index contributed by atoms with van der Waals surface area (Å²) < 4.78 is 62.5. The molecule has 0 radical (unpaired) electrons. The number of nitrogens with zero attached hydrogens (tertiary/aromatic N) is 9. The first kappa shape index (κ1) is 30.9. The number of nitriles is 1. The summed E-state index contributed by atoms with van der Waals surface area (Å²) in [6.45, 7) is 3.21. The largest absolute Gasteiger partial charge is 0.534 e. The van der Waals surface area contributed by atoms with Gasteiger partial charge in [-0.25, -0.2) is 39.9 Å². The molecular formula is C22H16F3N9O4S3. The molecule has 0 bridgehead atoms. The van der Waals surface area contributed by atoms with Gasteiger partial charge in [-0.15, -0.1) is 22.7 Å². The molecule has 13 nitrogen and oxygen atoms in total. The van der Waals surface area contributed by atoms with E-state index in [1.807, 2.05) is 13.0 Å². The van der Waals surface area contributed by atoms with Crippen molar-refractivity contribution in [2.24, 2.45) is 0 Å². The number of aryl methyl sites for hydroxylation is 2. The fraction of sp³-hybridized carbons (Fsp3) is 0.136. The summed E-state index contributed by atoms with van der Waals surface area (Å²) in [6, 6.07) is 1.90. The van der Waals surface area contributed by atoms with E-state index >= 15 is 0 Å². The highest BCUT2D eigenvalue weighted by Gasteiger charge is 2.49. The van der Waals surface area contributed by atoms with Crippen LogP contribution < -0.4 is 4.18 Å². The van der Waals surface area contributed by atoms with Crippen LogP contribution in [0.25, 0.3) is 21.1 Å². The van der Waals surface area contributed by atoms with E-state index < -0.39 is 21.5 Å². The first-order valence-electron chi connectivity index (χ1n) is 10.7. The Kier molecular flexibility index (Phi) is 10.2. The van der Waals surface area contributed by atoms with E-state index in [9.17, 15) is 26.7 Å². The molecule has 0 spiro atoms. The van der Waals surface area contributed by atoms with E-state index in [-0.39, 0.29) is 15.8 Å². The molecule has 5 aromatic rings. The lowest BCUT2D eigenvalue weighted by Gasteiger charge is -2.07. The first-order chi connectivity index (χ1) is 19.4. The molecule has 5 rings (SSSR count). The van der Waals surface area contributed by atoms with Crippen LogP contribution in [0, 0.1) is 25.2 Å². The Bertz CT molecular complexity index is 1690. The van der Waals surface area contributed by atoms with Gasteiger partial charge in [-0.1, -0.05) is 0 Å². The van der Waals surface area contributed by atoms with Gasteiger partial charge in [0.2, 0.25) is 11.8 Å². The van der Waals surface area contributed by atoms with Gasteiger partial charge >= 0.3 is 15.6 Å². The maximum atomic E-state index is 12.2. The monoisotopic (exact) mass is 623 g/mol. The minimum absolute atomic E-state index is 0.0869. The Hall–Kier alpha value is -4.67. The van der Waals surface area contributed by atoms with E-state index in [1.54, 1.807) is 12.4 Å². The minimum atomic E-state index is -5.73. The van der Waals surface area contributed by atoms with E-state index in [1.165, 1.54) is 62.0 Å². The topological polar surface area (TPSA) is 191 Å². The third kappa shape index (κ3) is 8.66. The van der Waals surface area contributed by atoms with Crippen LogP contribution in [0.4, 0.5) is 13.2 Å². The number of rotatable bonds is 4. The van der Waals surface area contributed by atoms with Crippen LogP contribution in [0.1, 0.15) is 15.3 Å². The van der Waals surface area contributed by atoms with Gasteiger partial charge in [0, 0.05) is 48.3 Å². The van der Waals surface area contributed by atoms with Crippen LogP contribution >= 0.6 is 22.7 Å². The van der Waals surface area contributed by atoms with Crippen molar-refractivity contribution in [2.45, 2.75) is 19.4 Å². The molecule has 0 aliphatic carbocycles. The number of alkyl halides is 3. The number of hydrogen-bond acceptors (Lipinski definition) is 15. The molecule has 0 atom stereocenters. The molecule has 0 aliphatic heterocycles. The van der Waals surface area contributed by atoms with Crippen molar-refractivity contribution < 1.29 is 30.9 Å². The number of thiazole rings is 2. The molecule has 1 N–H and O–H groups in total. The van der Waals surface area contributed by atoms with Gasteiger partial charge < -0.3 is 9.29 Å². The fourth-order valence-electron chi connectivity index (χ4n) is 2.42. The third-order valence-corrected chi connectivity index (χ3v) is 7.26. The summed E-state index contributed by atoms with van der Waals surface area (Å²) in [5.41, 5.74) is -3.73. The molecule has 0 saturated carbocycles. The third-order valence-electron chi connectivity index (χ3n) is 4.30. The number of aromatic hydroxyl groups is 1. The highest BCUT2D eigenvalue weighted by molar-refractivity contribution is 7.88. The second-order valence-corrected chi connectivity index (χ2v) is 11.2. The van der Waals surface area contributed by atoms with E-state index in [0.29, 0.717) is 11.1 Å². The lowest BCUT2D eigenvalue weighted by atomic mass is 10.4. The zero-order chi connectivity index (χ0) is 30.0. The summed E-state index contributed by atoms with van der Waals surface area (Å²) in [6.07, 6.45) is 13.2. The Morgan fingerprint density at radius 3 is 1.63 bits per heavy atom. The number of aromatic nitrogens is 8. The summed E-state index contributed by atoms with van der Waals surface area (Å²) in [5.74, 6) is -0.518. The highest BCUT2D eigenvalue weighted by Crippen LogP contribution is 2.34. The molecule has 0 saturated heterocycles. The lowest BCUT2D eigenvalue weighted by molar-refractivity contribution is -0.0501. The van der Waals surface area contributed by atoms with Gasteiger partial charge in [0.1, 0.15) is 35.1 Å². The Morgan fingerprint density at radius 1 is 0.805 bits per heavy atom. The van der Waals surface area contributed by atoms with Crippen molar-refractivity contribution in [1.29, 1.82) is 5.26 Å². The molecule has 5 heterocycles. The van der Waals surface area contributed by atoms with Crippen LogP contribution in [-0.4, -0.2) is 58.9 Å². The second-order valence-electron chi connectivity index (χ2n) is 7.26. The van der Waals surface area contributed by atoms with Crippen LogP contribution in [-0.2, 0) is 10.1 Å². The van der Waals surface area contributed by atoms with Crippen LogP contribution in [0.3, 0.4) is 0 Å². The van der Waals surface area contributed by atoms with Gasteiger partial charge in [-0.3, -0.25) is 0 Å². The molecule has 41 heavy (non-hydrogen) atoms. The zero-order valence-electron chi connectivity index (χ0n) is 20.8. The first-order valence-corrected chi connectivity index (χ1v) is 13.8. The molecule has 212 valence electrons. The van der Waals surface area contributed by atoms with Crippen molar-refractivity contribution in [3.8, 4) is 39.0 Å². The van der Waals surface area contributed by atoms with Crippen molar-refractivity contribution in [3.05, 3.63) is 71.5 Å². The highest BCUT2D eigenvalue weighted by atomic mass is 32.2. The maximum absolute atomic E-state index is 12.2. The Labute approximate surface area is 238 Å².